The molecule has 0 saturated heterocycles. The lowest BCUT2D eigenvalue weighted by molar-refractivity contribution is -0.385. The van der Waals surface area contributed by atoms with Crippen LogP contribution in [0.25, 0.3) is 0 Å². The van der Waals surface area contributed by atoms with Gasteiger partial charge in [0.25, 0.3) is 0 Å². The van der Waals surface area contributed by atoms with E-state index >= 15 is 0 Å². The minimum Gasteiger partial charge on any atom is -0.444 e. The second kappa shape index (κ2) is 7.61. The number of halogens is 1. The zero-order valence-corrected chi connectivity index (χ0v) is 13.2. The van der Waals surface area contributed by atoms with Crippen LogP contribution in [0.1, 0.15) is 32.8 Å². The fourth-order valence-corrected chi connectivity index (χ4v) is 1.56. The van der Waals surface area contributed by atoms with Crippen molar-refractivity contribution >= 4 is 23.4 Å². The fourth-order valence-electron chi connectivity index (χ4n) is 1.35. The molecule has 1 N–H and O–H groups in total. The van der Waals surface area contributed by atoms with Gasteiger partial charge in [0.2, 0.25) is 0 Å². The summed E-state index contributed by atoms with van der Waals surface area (Å²) in [5, 5.41) is 13.2. The van der Waals surface area contributed by atoms with Gasteiger partial charge in [0.1, 0.15) is 16.8 Å². The molecule has 0 aliphatic carbocycles. The van der Waals surface area contributed by atoms with Gasteiger partial charge in [-0.1, -0.05) is 23.4 Å². The van der Waals surface area contributed by atoms with Gasteiger partial charge in [0, 0.05) is 19.2 Å². The van der Waals surface area contributed by atoms with Crippen LogP contribution in [-0.4, -0.2) is 28.1 Å². The predicted octanol–water partition coefficient (Wildman–Crippen LogP) is 2.91. The van der Waals surface area contributed by atoms with E-state index in [9.17, 15) is 14.9 Å². The summed E-state index contributed by atoms with van der Waals surface area (Å²) in [5.41, 5.74) is -0.578. The number of aromatic nitrogens is 1. The van der Waals surface area contributed by atoms with Gasteiger partial charge in [-0.15, -0.1) is 0 Å². The maximum absolute atomic E-state index is 11.4. The number of hydrogen-bond donors (Lipinski definition) is 1. The zero-order valence-electron chi connectivity index (χ0n) is 12.5. The number of rotatable bonds is 3. The Kier molecular flexibility index (Phi) is 6.13. The number of nitro groups is 1. The van der Waals surface area contributed by atoms with Crippen molar-refractivity contribution in [2.24, 2.45) is 0 Å². The molecule has 0 aliphatic heterocycles. The first-order chi connectivity index (χ1) is 10.2. The highest BCUT2D eigenvalue weighted by Crippen LogP contribution is 2.25. The van der Waals surface area contributed by atoms with Crippen LogP contribution in [0.5, 0.6) is 0 Å². The van der Waals surface area contributed by atoms with E-state index in [0.717, 1.165) is 6.20 Å². The van der Waals surface area contributed by atoms with Crippen molar-refractivity contribution in [3.8, 4) is 11.8 Å². The molecule has 0 fully saturated rings. The van der Waals surface area contributed by atoms with Gasteiger partial charge >= 0.3 is 11.8 Å². The normalized spacial score (nSPS) is 10.4. The van der Waals surface area contributed by atoms with E-state index in [4.69, 9.17) is 16.3 Å². The van der Waals surface area contributed by atoms with Crippen molar-refractivity contribution in [2.75, 3.05) is 6.54 Å². The van der Waals surface area contributed by atoms with Crippen molar-refractivity contribution in [3.05, 3.63) is 33.1 Å². The van der Waals surface area contributed by atoms with Gasteiger partial charge in [-0.05, 0) is 20.8 Å². The molecule has 8 heteroatoms. The molecule has 0 radical (unpaired) electrons. The molecule has 0 unspecified atom stereocenters. The van der Waals surface area contributed by atoms with E-state index in [2.05, 4.69) is 22.1 Å². The molecular formula is C14H16ClN3O4. The summed E-state index contributed by atoms with van der Waals surface area (Å²) >= 11 is 5.87. The lowest BCUT2D eigenvalue weighted by Crippen LogP contribution is -2.32. The van der Waals surface area contributed by atoms with E-state index < -0.39 is 16.6 Å². The Morgan fingerprint density at radius 3 is 2.77 bits per heavy atom. The maximum Gasteiger partial charge on any atom is 0.407 e. The van der Waals surface area contributed by atoms with E-state index in [1.807, 2.05) is 0 Å². The number of alkyl carbamates (subject to hydrolysis) is 1. The molecule has 1 aromatic rings. The molecule has 1 heterocycles. The summed E-state index contributed by atoms with van der Waals surface area (Å²) in [6.07, 6.45) is 2.24. The van der Waals surface area contributed by atoms with E-state index in [0.29, 0.717) is 13.0 Å². The molecule has 1 rings (SSSR count). The number of nitrogens with one attached hydrogen (secondary N) is 1. The highest BCUT2D eigenvalue weighted by molar-refractivity contribution is 6.33. The number of pyridine rings is 1. The Labute approximate surface area is 133 Å². The second-order valence-electron chi connectivity index (χ2n) is 5.26. The minimum absolute atomic E-state index is 0.0485. The van der Waals surface area contributed by atoms with Crippen molar-refractivity contribution in [1.29, 1.82) is 0 Å². The third kappa shape index (κ3) is 5.97. The molecule has 0 atom stereocenters. The van der Waals surface area contributed by atoms with Gasteiger partial charge in [-0.2, -0.15) is 0 Å². The fraction of sp³-hybridized carbons (Fsp3) is 0.429. The number of ether oxygens (including phenoxy) is 1. The average Bonchev–Trinajstić information content (AvgIpc) is 2.37. The Balaban J connectivity index is 2.54. The molecule has 0 aliphatic rings. The highest BCUT2D eigenvalue weighted by atomic mass is 35.5. The number of carbonyl (C=O) groups is 1. The molecule has 22 heavy (non-hydrogen) atoms. The number of carbonyl (C=O) groups excluding carboxylic acids is 1. The maximum atomic E-state index is 11.4. The first-order valence-electron chi connectivity index (χ1n) is 6.44. The number of amides is 1. The third-order valence-corrected chi connectivity index (χ3v) is 2.60. The van der Waals surface area contributed by atoms with E-state index in [1.54, 1.807) is 20.8 Å². The Morgan fingerprint density at radius 2 is 2.18 bits per heavy atom. The SMILES string of the molecule is CC(C)(C)OC(=O)NCCC#Cc1cncc([N+](=O)[O-])c1Cl. The minimum atomic E-state index is -0.620. The molecule has 7 nitrogen and oxygen atoms in total. The van der Waals surface area contributed by atoms with Crippen molar-refractivity contribution in [1.82, 2.24) is 10.3 Å². The lowest BCUT2D eigenvalue weighted by atomic mass is 10.2. The monoisotopic (exact) mass is 325 g/mol. The Morgan fingerprint density at radius 1 is 1.50 bits per heavy atom. The standard InChI is InChI=1S/C14H16ClN3O4/c1-14(2,3)22-13(19)17-7-5-4-6-10-8-16-9-11(12(10)15)18(20)21/h8-9H,5,7H2,1-3H3,(H,17,19). The molecule has 0 bridgehead atoms. The smallest absolute Gasteiger partial charge is 0.407 e. The van der Waals surface area contributed by atoms with Crippen LogP contribution in [0.2, 0.25) is 5.02 Å². The summed E-state index contributed by atoms with van der Waals surface area (Å²) in [5.74, 6) is 5.45. The third-order valence-electron chi connectivity index (χ3n) is 2.20. The number of nitrogens with zero attached hydrogens (tertiary/aromatic N) is 2. The molecule has 1 amide bonds. The summed E-state index contributed by atoms with van der Waals surface area (Å²) in [6.45, 7) is 5.60. The van der Waals surface area contributed by atoms with Crippen molar-refractivity contribution in [2.45, 2.75) is 32.8 Å². The quantitative estimate of drug-likeness (QED) is 0.399. The van der Waals surface area contributed by atoms with E-state index in [-0.39, 0.29) is 16.3 Å². The van der Waals surface area contributed by atoms with Crippen LogP contribution in [-0.2, 0) is 4.74 Å². The summed E-state index contributed by atoms with van der Waals surface area (Å²) in [7, 11) is 0. The second-order valence-corrected chi connectivity index (χ2v) is 5.64. The molecule has 0 saturated carbocycles. The molecular weight excluding hydrogens is 310 g/mol. The zero-order chi connectivity index (χ0) is 16.8. The molecule has 0 spiro atoms. The molecule has 0 aromatic carbocycles. The summed E-state index contributed by atoms with van der Waals surface area (Å²) in [4.78, 5) is 25.2. The van der Waals surface area contributed by atoms with Crippen LogP contribution in [0.15, 0.2) is 12.4 Å². The number of hydrogen-bond acceptors (Lipinski definition) is 5. The average molecular weight is 326 g/mol. The Bertz CT molecular complexity index is 629. The largest absolute Gasteiger partial charge is 0.444 e. The Hall–Kier alpha value is -2.33. The lowest BCUT2D eigenvalue weighted by Gasteiger charge is -2.19. The first-order valence-corrected chi connectivity index (χ1v) is 6.82. The predicted molar refractivity (Wildman–Crippen MR) is 81.6 cm³/mol. The van der Waals surface area contributed by atoms with Crippen molar-refractivity contribution in [3.63, 3.8) is 0 Å². The van der Waals surface area contributed by atoms with Crippen LogP contribution in [0.3, 0.4) is 0 Å². The van der Waals surface area contributed by atoms with Gasteiger partial charge < -0.3 is 10.1 Å². The molecule has 1 aromatic heterocycles. The van der Waals surface area contributed by atoms with Gasteiger partial charge in [0.05, 0.1) is 10.5 Å². The molecule has 118 valence electrons. The summed E-state index contributed by atoms with van der Waals surface area (Å²) < 4.78 is 5.06. The van der Waals surface area contributed by atoms with Crippen molar-refractivity contribution < 1.29 is 14.5 Å². The van der Waals surface area contributed by atoms with Gasteiger partial charge in [-0.25, -0.2) is 4.79 Å². The van der Waals surface area contributed by atoms with Crippen LogP contribution in [0.4, 0.5) is 10.5 Å². The highest BCUT2D eigenvalue weighted by Gasteiger charge is 2.16. The first kappa shape index (κ1) is 17.7. The van der Waals surface area contributed by atoms with Crippen LogP contribution < -0.4 is 5.32 Å². The van der Waals surface area contributed by atoms with Gasteiger partial charge in [0.15, 0.2) is 0 Å². The van der Waals surface area contributed by atoms with Gasteiger partial charge in [-0.3, -0.25) is 15.1 Å². The summed E-state index contributed by atoms with van der Waals surface area (Å²) in [6, 6.07) is 0. The van der Waals surface area contributed by atoms with E-state index in [1.165, 1.54) is 6.20 Å². The van der Waals surface area contributed by atoms with Crippen LogP contribution >= 0.6 is 11.6 Å². The van der Waals surface area contributed by atoms with Crippen LogP contribution in [0, 0.1) is 22.0 Å². The topological polar surface area (TPSA) is 94.4 Å².